The summed E-state index contributed by atoms with van der Waals surface area (Å²) in [4.78, 5) is 37.8. The standard InChI is InChI=1S/C23H32O5/c1-15-11-16(2)21(17(3)12-15)22-20(25)14-18(23(22)26)13-19(24)7-5-6-8-28-10-9-27-4/h11-12,18,22H,5-10,13-14H2,1-4H3. The Labute approximate surface area is 167 Å². The monoisotopic (exact) mass is 388 g/mol. The summed E-state index contributed by atoms with van der Waals surface area (Å²) in [7, 11) is 1.63. The highest BCUT2D eigenvalue weighted by Gasteiger charge is 2.43. The fraction of sp³-hybridized carbons (Fsp3) is 0.609. The number of hydrogen-bond donors (Lipinski definition) is 0. The predicted octanol–water partition coefficient (Wildman–Crippen LogP) is 3.65. The van der Waals surface area contributed by atoms with Gasteiger partial charge in [-0.15, -0.1) is 0 Å². The van der Waals surface area contributed by atoms with Gasteiger partial charge in [-0.1, -0.05) is 17.7 Å². The van der Waals surface area contributed by atoms with E-state index in [9.17, 15) is 14.4 Å². The van der Waals surface area contributed by atoms with Crippen molar-refractivity contribution in [1.29, 1.82) is 0 Å². The van der Waals surface area contributed by atoms with Crippen LogP contribution < -0.4 is 0 Å². The zero-order valence-electron chi connectivity index (χ0n) is 17.5. The van der Waals surface area contributed by atoms with Crippen molar-refractivity contribution in [3.63, 3.8) is 0 Å². The number of carbonyl (C=O) groups excluding carboxylic acids is 3. The number of unbranched alkanes of at least 4 members (excludes halogenated alkanes) is 1. The summed E-state index contributed by atoms with van der Waals surface area (Å²) in [6.07, 6.45) is 2.33. The molecule has 154 valence electrons. The molecule has 1 aliphatic rings. The molecule has 0 aliphatic heterocycles. The smallest absolute Gasteiger partial charge is 0.151 e. The van der Waals surface area contributed by atoms with Crippen LogP contribution in [0.3, 0.4) is 0 Å². The van der Waals surface area contributed by atoms with Gasteiger partial charge in [0.15, 0.2) is 5.78 Å². The van der Waals surface area contributed by atoms with Crippen molar-refractivity contribution in [2.45, 2.75) is 58.8 Å². The second-order valence-electron chi connectivity index (χ2n) is 7.82. The molecule has 2 atom stereocenters. The molecule has 1 aliphatic carbocycles. The van der Waals surface area contributed by atoms with Gasteiger partial charge in [-0.25, -0.2) is 0 Å². The van der Waals surface area contributed by atoms with Gasteiger partial charge < -0.3 is 9.47 Å². The number of ether oxygens (including phenoxy) is 2. The number of hydrogen-bond acceptors (Lipinski definition) is 5. The third-order valence-corrected chi connectivity index (χ3v) is 5.38. The van der Waals surface area contributed by atoms with Crippen LogP contribution in [-0.4, -0.2) is 44.3 Å². The van der Waals surface area contributed by atoms with E-state index < -0.39 is 11.8 Å². The average Bonchev–Trinajstić information content (AvgIpc) is 2.88. The lowest BCUT2D eigenvalue weighted by molar-refractivity contribution is -0.127. The minimum atomic E-state index is -0.701. The molecule has 2 rings (SSSR count). The zero-order valence-corrected chi connectivity index (χ0v) is 17.5. The molecule has 0 N–H and O–H groups in total. The maximum atomic E-state index is 12.9. The van der Waals surface area contributed by atoms with Crippen molar-refractivity contribution in [1.82, 2.24) is 0 Å². The Morgan fingerprint density at radius 2 is 1.71 bits per heavy atom. The summed E-state index contributed by atoms with van der Waals surface area (Å²) in [5.74, 6) is -1.25. The van der Waals surface area contributed by atoms with Gasteiger partial charge in [0.1, 0.15) is 17.5 Å². The van der Waals surface area contributed by atoms with Gasteiger partial charge in [0.25, 0.3) is 0 Å². The van der Waals surface area contributed by atoms with Gasteiger partial charge in [0.05, 0.1) is 13.2 Å². The molecule has 28 heavy (non-hydrogen) atoms. The molecule has 1 fully saturated rings. The Morgan fingerprint density at radius 1 is 1.04 bits per heavy atom. The first-order valence-corrected chi connectivity index (χ1v) is 10.1. The van der Waals surface area contributed by atoms with Crippen molar-refractivity contribution >= 4 is 17.3 Å². The lowest BCUT2D eigenvalue weighted by atomic mass is 9.86. The molecule has 0 saturated heterocycles. The number of Topliss-reactive ketones (excluding diaryl/α,β-unsaturated/α-hetero) is 3. The highest BCUT2D eigenvalue weighted by Crippen LogP contribution is 2.37. The van der Waals surface area contributed by atoms with Crippen molar-refractivity contribution in [2.24, 2.45) is 5.92 Å². The molecular weight excluding hydrogens is 356 g/mol. The van der Waals surface area contributed by atoms with Crippen LogP contribution in [0, 0.1) is 26.7 Å². The van der Waals surface area contributed by atoms with E-state index in [1.165, 1.54) is 0 Å². The third-order valence-electron chi connectivity index (χ3n) is 5.38. The van der Waals surface area contributed by atoms with Crippen LogP contribution in [0.25, 0.3) is 0 Å². The van der Waals surface area contributed by atoms with Crippen molar-refractivity contribution in [2.75, 3.05) is 26.9 Å². The first kappa shape index (κ1) is 22.4. The number of rotatable bonds is 11. The van der Waals surface area contributed by atoms with E-state index in [1.54, 1.807) is 7.11 Å². The van der Waals surface area contributed by atoms with E-state index in [0.29, 0.717) is 26.2 Å². The summed E-state index contributed by atoms with van der Waals surface area (Å²) in [6, 6.07) is 4.02. The summed E-state index contributed by atoms with van der Waals surface area (Å²) in [5, 5.41) is 0. The van der Waals surface area contributed by atoms with Gasteiger partial charge in [0.2, 0.25) is 0 Å². The van der Waals surface area contributed by atoms with Crippen LogP contribution in [0.1, 0.15) is 60.3 Å². The van der Waals surface area contributed by atoms with Gasteiger partial charge in [-0.05, 0) is 50.3 Å². The lowest BCUT2D eigenvalue weighted by Crippen LogP contribution is -2.19. The molecule has 2 unspecified atom stereocenters. The quantitative estimate of drug-likeness (QED) is 0.427. The Kier molecular flexibility index (Phi) is 8.52. The molecular formula is C23H32O5. The van der Waals surface area contributed by atoms with Gasteiger partial charge >= 0.3 is 0 Å². The second-order valence-corrected chi connectivity index (χ2v) is 7.82. The summed E-state index contributed by atoms with van der Waals surface area (Å²) >= 11 is 0. The molecule has 0 bridgehead atoms. The minimum absolute atomic E-state index is 0.0515. The third kappa shape index (κ3) is 5.82. The van der Waals surface area contributed by atoms with E-state index >= 15 is 0 Å². The van der Waals surface area contributed by atoms with Crippen molar-refractivity contribution in [3.8, 4) is 0 Å². The molecule has 1 aromatic rings. The molecule has 0 spiro atoms. The Hall–Kier alpha value is -1.85. The predicted molar refractivity (Wildman–Crippen MR) is 108 cm³/mol. The molecule has 1 aromatic carbocycles. The highest BCUT2D eigenvalue weighted by atomic mass is 16.5. The molecule has 0 radical (unpaired) electrons. The molecule has 1 saturated carbocycles. The normalized spacial score (nSPS) is 19.4. The second kappa shape index (κ2) is 10.6. The maximum Gasteiger partial charge on any atom is 0.151 e. The van der Waals surface area contributed by atoms with E-state index in [4.69, 9.17) is 9.47 Å². The Morgan fingerprint density at radius 3 is 2.36 bits per heavy atom. The van der Waals surface area contributed by atoms with Crippen LogP contribution in [0.4, 0.5) is 0 Å². The molecule has 5 heteroatoms. The fourth-order valence-corrected chi connectivity index (χ4v) is 4.13. The van der Waals surface area contributed by atoms with E-state index in [2.05, 4.69) is 0 Å². The number of methoxy groups -OCH3 is 1. The van der Waals surface area contributed by atoms with Crippen LogP contribution in [-0.2, 0) is 23.9 Å². The number of carbonyl (C=O) groups is 3. The topological polar surface area (TPSA) is 69.7 Å². The van der Waals surface area contributed by atoms with Gasteiger partial charge in [-0.2, -0.15) is 0 Å². The zero-order chi connectivity index (χ0) is 20.7. The number of benzene rings is 1. The Balaban J connectivity index is 1.87. The van der Waals surface area contributed by atoms with Crippen LogP contribution >= 0.6 is 0 Å². The van der Waals surface area contributed by atoms with E-state index in [-0.39, 0.29) is 30.2 Å². The van der Waals surface area contributed by atoms with E-state index in [1.807, 2.05) is 32.9 Å². The number of ketones is 3. The lowest BCUT2D eigenvalue weighted by Gasteiger charge is -2.16. The molecule has 0 amide bonds. The average molecular weight is 389 g/mol. The van der Waals surface area contributed by atoms with Crippen LogP contribution in [0.15, 0.2) is 12.1 Å². The first-order chi connectivity index (χ1) is 13.3. The molecule has 0 aromatic heterocycles. The summed E-state index contributed by atoms with van der Waals surface area (Å²) < 4.78 is 10.3. The summed E-state index contributed by atoms with van der Waals surface area (Å²) in [6.45, 7) is 7.63. The number of aryl methyl sites for hydroxylation is 3. The Bertz CT molecular complexity index is 699. The van der Waals surface area contributed by atoms with Crippen LogP contribution in [0.2, 0.25) is 0 Å². The van der Waals surface area contributed by atoms with Crippen molar-refractivity contribution < 1.29 is 23.9 Å². The maximum absolute atomic E-state index is 12.9. The first-order valence-electron chi connectivity index (χ1n) is 10.1. The molecule has 0 heterocycles. The SMILES string of the molecule is COCCOCCCCC(=O)CC1CC(=O)C(c2c(C)cc(C)cc2C)C1=O. The summed E-state index contributed by atoms with van der Waals surface area (Å²) in [5.41, 5.74) is 3.91. The fourth-order valence-electron chi connectivity index (χ4n) is 4.13. The minimum Gasteiger partial charge on any atom is -0.382 e. The van der Waals surface area contributed by atoms with Crippen molar-refractivity contribution in [3.05, 3.63) is 34.4 Å². The molecule has 5 nitrogen and oxygen atoms in total. The largest absolute Gasteiger partial charge is 0.382 e. The van der Waals surface area contributed by atoms with Gasteiger partial charge in [-0.3, -0.25) is 14.4 Å². The van der Waals surface area contributed by atoms with Crippen LogP contribution in [0.5, 0.6) is 0 Å². The van der Waals surface area contributed by atoms with E-state index in [0.717, 1.165) is 35.1 Å². The van der Waals surface area contributed by atoms with Gasteiger partial charge in [0, 0.05) is 38.9 Å². The highest BCUT2D eigenvalue weighted by molar-refractivity contribution is 6.15.